The summed E-state index contributed by atoms with van der Waals surface area (Å²) in [6.45, 7) is 0. The number of likely N-dealkylation sites (tertiary alicyclic amines) is 1. The lowest BCUT2D eigenvalue weighted by Crippen LogP contribution is -2.54. The molecule has 1 fully saturated rings. The minimum Gasteiger partial charge on any atom is -0.284 e. The Kier molecular flexibility index (Phi) is 2.57. The molecular formula is C14H10N2O4. The Morgan fingerprint density at radius 3 is 2.15 bits per heavy atom. The highest BCUT2D eigenvalue weighted by molar-refractivity contribution is 6.23. The standard InChI is InChI=1S/C14H10N2O4/c1-15-11(17)7-6-10(14(15)20)16-12(18)8-4-2-3-5-9(8)13(16)19/h4-5,10H,6-7H2,1H3. The van der Waals surface area contributed by atoms with Gasteiger partial charge in [-0.15, -0.1) is 0 Å². The number of imide groups is 2. The molecule has 0 aliphatic carbocycles. The van der Waals surface area contributed by atoms with Gasteiger partial charge < -0.3 is 0 Å². The number of fused-ring (bicyclic) bond motifs is 1. The van der Waals surface area contributed by atoms with E-state index in [0.29, 0.717) is 0 Å². The van der Waals surface area contributed by atoms with Crippen LogP contribution in [0.5, 0.6) is 0 Å². The first-order valence-corrected chi connectivity index (χ1v) is 6.12. The summed E-state index contributed by atoms with van der Waals surface area (Å²) < 4.78 is 0. The van der Waals surface area contributed by atoms with E-state index in [2.05, 4.69) is 12.1 Å². The van der Waals surface area contributed by atoms with Crippen molar-refractivity contribution in [1.82, 2.24) is 9.80 Å². The lowest BCUT2D eigenvalue weighted by molar-refractivity contribution is -0.149. The maximum absolute atomic E-state index is 12.3. The van der Waals surface area contributed by atoms with Crippen LogP contribution in [0.4, 0.5) is 0 Å². The quantitative estimate of drug-likeness (QED) is 0.675. The number of carbonyl (C=O) groups is 4. The highest BCUT2D eigenvalue weighted by atomic mass is 16.2. The number of rotatable bonds is 1. The number of nitrogens with zero attached hydrogens (tertiary/aromatic N) is 2. The van der Waals surface area contributed by atoms with Crippen molar-refractivity contribution in [3.63, 3.8) is 0 Å². The molecule has 0 bridgehead atoms. The second-order valence-electron chi connectivity index (χ2n) is 4.73. The Hall–Kier alpha value is -2.68. The minimum atomic E-state index is -0.912. The fraction of sp³-hybridized carbons (Fsp3) is 0.286. The summed E-state index contributed by atoms with van der Waals surface area (Å²) >= 11 is 0. The number of likely N-dealkylation sites (N-methyl/N-ethyl adjacent to an activating group) is 1. The zero-order chi connectivity index (χ0) is 14.4. The fourth-order valence-electron chi connectivity index (χ4n) is 2.51. The molecule has 0 aromatic heterocycles. The zero-order valence-electron chi connectivity index (χ0n) is 10.7. The Balaban J connectivity index is 1.97. The molecule has 1 aromatic rings. The lowest BCUT2D eigenvalue weighted by Gasteiger charge is -2.32. The molecule has 0 spiro atoms. The molecule has 6 heteroatoms. The second-order valence-corrected chi connectivity index (χ2v) is 4.73. The van der Waals surface area contributed by atoms with Gasteiger partial charge in [0.15, 0.2) is 0 Å². The van der Waals surface area contributed by atoms with Crippen molar-refractivity contribution in [1.29, 1.82) is 0 Å². The summed E-state index contributed by atoms with van der Waals surface area (Å²) in [5.74, 6) is -1.86. The van der Waals surface area contributed by atoms with Crippen LogP contribution < -0.4 is 0 Å². The van der Waals surface area contributed by atoms with Gasteiger partial charge in [-0.2, -0.15) is 0 Å². The lowest BCUT2D eigenvalue weighted by atomic mass is 10.0. The maximum atomic E-state index is 12.3. The van der Waals surface area contributed by atoms with Crippen molar-refractivity contribution in [2.75, 3.05) is 7.05 Å². The normalized spacial score (nSPS) is 22.1. The predicted octanol–water partition coefficient (Wildman–Crippen LogP) is 0.0304. The number of carbonyl (C=O) groups excluding carboxylic acids is 4. The molecule has 100 valence electrons. The smallest absolute Gasteiger partial charge is 0.262 e. The number of amides is 4. The van der Waals surface area contributed by atoms with E-state index < -0.39 is 23.8 Å². The Morgan fingerprint density at radius 1 is 1.05 bits per heavy atom. The topological polar surface area (TPSA) is 74.8 Å². The first-order chi connectivity index (χ1) is 9.52. The Bertz CT molecular complexity index is 617. The van der Waals surface area contributed by atoms with E-state index in [1.165, 1.54) is 19.2 Å². The van der Waals surface area contributed by atoms with Crippen molar-refractivity contribution >= 4 is 23.6 Å². The largest absolute Gasteiger partial charge is 0.284 e. The van der Waals surface area contributed by atoms with Crippen molar-refractivity contribution in [2.24, 2.45) is 0 Å². The van der Waals surface area contributed by atoms with E-state index in [0.717, 1.165) is 9.80 Å². The van der Waals surface area contributed by atoms with E-state index in [4.69, 9.17) is 0 Å². The molecule has 4 amide bonds. The number of hydrogen-bond donors (Lipinski definition) is 0. The van der Waals surface area contributed by atoms with Crippen LogP contribution in [-0.4, -0.2) is 46.5 Å². The van der Waals surface area contributed by atoms with Crippen molar-refractivity contribution in [3.8, 4) is 0 Å². The van der Waals surface area contributed by atoms with Crippen LogP contribution in [0.2, 0.25) is 0 Å². The summed E-state index contributed by atoms with van der Waals surface area (Å²) in [7, 11) is 1.36. The first-order valence-electron chi connectivity index (χ1n) is 6.12. The van der Waals surface area contributed by atoms with E-state index in [9.17, 15) is 19.2 Å². The SMILES string of the molecule is CN1C(=O)CCC(N2C(=O)c3cc#ccc3C2=O)C1=O. The van der Waals surface area contributed by atoms with Crippen molar-refractivity contribution in [3.05, 3.63) is 35.4 Å². The molecular weight excluding hydrogens is 260 g/mol. The summed E-state index contributed by atoms with van der Waals surface area (Å²) in [5, 5.41) is 0. The molecule has 0 saturated carbocycles. The average Bonchev–Trinajstić information content (AvgIpc) is 2.70. The third-order valence-corrected chi connectivity index (χ3v) is 3.64. The zero-order valence-corrected chi connectivity index (χ0v) is 10.7. The van der Waals surface area contributed by atoms with E-state index >= 15 is 0 Å². The Morgan fingerprint density at radius 2 is 1.60 bits per heavy atom. The highest BCUT2D eigenvalue weighted by Gasteiger charge is 2.45. The molecule has 20 heavy (non-hydrogen) atoms. The van der Waals surface area contributed by atoms with Crippen LogP contribution in [0.3, 0.4) is 0 Å². The van der Waals surface area contributed by atoms with Gasteiger partial charge in [-0.3, -0.25) is 29.0 Å². The van der Waals surface area contributed by atoms with Gasteiger partial charge in [0, 0.05) is 25.6 Å². The molecule has 6 nitrogen and oxygen atoms in total. The second kappa shape index (κ2) is 4.17. The van der Waals surface area contributed by atoms with Crippen LogP contribution in [-0.2, 0) is 9.59 Å². The summed E-state index contributed by atoms with van der Waals surface area (Å²) in [5.41, 5.74) is 0.446. The molecule has 2 aliphatic rings. The minimum absolute atomic E-state index is 0.137. The molecule has 0 radical (unpaired) electrons. The average molecular weight is 270 g/mol. The van der Waals surface area contributed by atoms with Gasteiger partial charge in [0.25, 0.3) is 17.7 Å². The maximum Gasteiger partial charge on any atom is 0.262 e. The van der Waals surface area contributed by atoms with Gasteiger partial charge in [-0.25, -0.2) is 0 Å². The van der Waals surface area contributed by atoms with Crippen molar-refractivity contribution in [2.45, 2.75) is 18.9 Å². The van der Waals surface area contributed by atoms with Gasteiger partial charge >= 0.3 is 0 Å². The van der Waals surface area contributed by atoms with E-state index in [1.54, 1.807) is 0 Å². The van der Waals surface area contributed by atoms with Gasteiger partial charge in [0.2, 0.25) is 5.91 Å². The molecule has 2 heterocycles. The third kappa shape index (κ3) is 1.53. The van der Waals surface area contributed by atoms with E-state index in [1.807, 2.05) is 0 Å². The third-order valence-electron chi connectivity index (χ3n) is 3.64. The highest BCUT2D eigenvalue weighted by Crippen LogP contribution is 2.27. The summed E-state index contributed by atoms with van der Waals surface area (Å²) in [6.07, 6.45) is 0.305. The van der Waals surface area contributed by atoms with Gasteiger partial charge in [0.1, 0.15) is 6.04 Å². The van der Waals surface area contributed by atoms with Crippen LogP contribution >= 0.6 is 0 Å². The van der Waals surface area contributed by atoms with E-state index in [-0.39, 0.29) is 29.9 Å². The molecule has 1 unspecified atom stereocenters. The molecule has 1 saturated heterocycles. The molecule has 1 aromatic carbocycles. The molecule has 0 N–H and O–H groups in total. The predicted molar refractivity (Wildman–Crippen MR) is 65.4 cm³/mol. The molecule has 3 rings (SSSR count). The monoisotopic (exact) mass is 270 g/mol. The molecule has 1 atom stereocenters. The summed E-state index contributed by atoms with van der Waals surface area (Å²) in [6, 6.07) is 7.10. The number of hydrogen-bond acceptors (Lipinski definition) is 4. The van der Waals surface area contributed by atoms with Crippen molar-refractivity contribution < 1.29 is 19.2 Å². The molecule has 2 aliphatic heterocycles. The van der Waals surface area contributed by atoms with Crippen LogP contribution in [0.1, 0.15) is 33.6 Å². The van der Waals surface area contributed by atoms with Gasteiger partial charge in [-0.1, -0.05) is 12.1 Å². The number of piperidine rings is 1. The first kappa shape index (κ1) is 12.4. The van der Waals surface area contributed by atoms with Crippen LogP contribution in [0, 0.1) is 12.1 Å². The fourth-order valence-corrected chi connectivity index (χ4v) is 2.51. The Labute approximate surface area is 115 Å². The van der Waals surface area contributed by atoms with Gasteiger partial charge in [-0.05, 0) is 6.42 Å². The van der Waals surface area contributed by atoms with Crippen LogP contribution in [0.15, 0.2) is 12.1 Å². The van der Waals surface area contributed by atoms with Gasteiger partial charge in [0.05, 0.1) is 11.1 Å². The van der Waals surface area contributed by atoms with Crippen LogP contribution in [0.25, 0.3) is 0 Å². The summed E-state index contributed by atoms with van der Waals surface area (Å²) in [4.78, 5) is 50.0.